The van der Waals surface area contributed by atoms with Gasteiger partial charge in [-0.05, 0) is 35.9 Å². The highest BCUT2D eigenvalue weighted by Gasteiger charge is 2.08. The van der Waals surface area contributed by atoms with E-state index in [1.807, 2.05) is 31.2 Å². The van der Waals surface area contributed by atoms with Crippen LogP contribution in [0.25, 0.3) is 11.4 Å². The third-order valence-corrected chi connectivity index (χ3v) is 2.94. The van der Waals surface area contributed by atoms with Crippen LogP contribution in [0.1, 0.15) is 13.3 Å². The Morgan fingerprint density at radius 1 is 1.37 bits per heavy atom. The van der Waals surface area contributed by atoms with Crippen molar-refractivity contribution < 1.29 is 4.79 Å². The number of carbonyl (C=O) groups is 1. The van der Waals surface area contributed by atoms with Crippen LogP contribution in [-0.2, 0) is 11.3 Å². The third-order valence-electron chi connectivity index (χ3n) is 2.41. The van der Waals surface area contributed by atoms with Crippen LogP contribution in [0.4, 0.5) is 0 Å². The molecule has 0 unspecified atom stereocenters. The molecule has 0 spiro atoms. The summed E-state index contributed by atoms with van der Waals surface area (Å²) in [6.07, 6.45) is 0.903. The van der Waals surface area contributed by atoms with Crippen LogP contribution in [0.5, 0.6) is 0 Å². The fourth-order valence-corrected chi connectivity index (χ4v) is 1.74. The van der Waals surface area contributed by atoms with Gasteiger partial charge in [-0.1, -0.05) is 22.9 Å². The van der Waals surface area contributed by atoms with Gasteiger partial charge in [-0.25, -0.2) is 0 Å². The molecule has 0 aliphatic carbocycles. The minimum Gasteiger partial charge on any atom is -0.354 e. The molecule has 1 aromatic carbocycles. The Labute approximate surface area is 119 Å². The molecule has 100 valence electrons. The minimum atomic E-state index is -0.110. The molecular formula is C12H14BrN5O. The molecule has 1 amide bonds. The number of hydrogen-bond donors (Lipinski definition) is 1. The molecule has 0 saturated heterocycles. The number of benzene rings is 1. The second-order valence-electron chi connectivity index (χ2n) is 4.00. The zero-order valence-corrected chi connectivity index (χ0v) is 12.1. The monoisotopic (exact) mass is 323 g/mol. The second-order valence-corrected chi connectivity index (χ2v) is 4.92. The SMILES string of the molecule is CCCNC(=O)Cn1nnc(-c2ccc(Br)cc2)n1. The Hall–Kier alpha value is -1.76. The van der Waals surface area contributed by atoms with E-state index < -0.39 is 0 Å². The first-order chi connectivity index (χ1) is 9.19. The molecule has 1 aromatic heterocycles. The van der Waals surface area contributed by atoms with Crippen molar-refractivity contribution in [2.24, 2.45) is 0 Å². The smallest absolute Gasteiger partial charge is 0.243 e. The predicted molar refractivity (Wildman–Crippen MR) is 74.3 cm³/mol. The van der Waals surface area contributed by atoms with E-state index in [0.29, 0.717) is 12.4 Å². The van der Waals surface area contributed by atoms with Gasteiger partial charge in [0.15, 0.2) is 0 Å². The number of carbonyl (C=O) groups excluding carboxylic acids is 1. The maximum Gasteiger partial charge on any atom is 0.243 e. The largest absolute Gasteiger partial charge is 0.354 e. The number of halogens is 1. The van der Waals surface area contributed by atoms with Crippen molar-refractivity contribution in [1.82, 2.24) is 25.5 Å². The standard InChI is InChI=1S/C12H14BrN5O/c1-2-7-14-11(19)8-18-16-12(15-17-18)9-3-5-10(13)6-4-9/h3-6H,2,7-8H2,1H3,(H,14,19). The van der Waals surface area contributed by atoms with Crippen molar-refractivity contribution in [3.8, 4) is 11.4 Å². The van der Waals surface area contributed by atoms with E-state index in [9.17, 15) is 4.79 Å². The van der Waals surface area contributed by atoms with Crippen molar-refractivity contribution >= 4 is 21.8 Å². The Balaban J connectivity index is 2.02. The van der Waals surface area contributed by atoms with Crippen molar-refractivity contribution in [3.05, 3.63) is 28.7 Å². The molecule has 19 heavy (non-hydrogen) atoms. The van der Waals surface area contributed by atoms with Gasteiger partial charge in [-0.3, -0.25) is 4.79 Å². The first-order valence-corrected chi connectivity index (χ1v) is 6.79. The van der Waals surface area contributed by atoms with Gasteiger partial charge in [0.05, 0.1) is 0 Å². The van der Waals surface area contributed by atoms with Gasteiger partial charge in [0.2, 0.25) is 11.7 Å². The fourth-order valence-electron chi connectivity index (χ4n) is 1.47. The molecular weight excluding hydrogens is 310 g/mol. The van der Waals surface area contributed by atoms with Crippen LogP contribution in [0.3, 0.4) is 0 Å². The topological polar surface area (TPSA) is 72.7 Å². The van der Waals surface area contributed by atoms with Gasteiger partial charge in [-0.2, -0.15) is 4.80 Å². The molecule has 2 aromatic rings. The molecule has 0 saturated carbocycles. The molecule has 2 rings (SSSR count). The number of nitrogens with zero attached hydrogens (tertiary/aromatic N) is 4. The Morgan fingerprint density at radius 2 is 2.11 bits per heavy atom. The summed E-state index contributed by atoms with van der Waals surface area (Å²) in [7, 11) is 0. The van der Waals surface area contributed by atoms with Crippen molar-refractivity contribution in [1.29, 1.82) is 0 Å². The van der Waals surface area contributed by atoms with E-state index in [0.717, 1.165) is 16.5 Å². The molecule has 0 aliphatic rings. The average Bonchev–Trinajstić information content (AvgIpc) is 2.85. The quantitative estimate of drug-likeness (QED) is 0.907. The number of nitrogens with one attached hydrogen (secondary N) is 1. The molecule has 1 N–H and O–H groups in total. The molecule has 0 bridgehead atoms. The van der Waals surface area contributed by atoms with Crippen LogP contribution in [-0.4, -0.2) is 32.7 Å². The van der Waals surface area contributed by atoms with Crippen LogP contribution in [0, 0.1) is 0 Å². The van der Waals surface area contributed by atoms with Gasteiger partial charge in [0.25, 0.3) is 0 Å². The zero-order valence-electron chi connectivity index (χ0n) is 10.5. The predicted octanol–water partition coefficient (Wildman–Crippen LogP) is 1.63. The maximum absolute atomic E-state index is 11.5. The minimum absolute atomic E-state index is 0.0868. The summed E-state index contributed by atoms with van der Waals surface area (Å²) in [4.78, 5) is 12.8. The van der Waals surface area contributed by atoms with Crippen LogP contribution < -0.4 is 5.32 Å². The van der Waals surface area contributed by atoms with Gasteiger partial charge >= 0.3 is 0 Å². The first kappa shape index (κ1) is 13.7. The number of tetrazole rings is 1. The number of aromatic nitrogens is 4. The normalized spacial score (nSPS) is 10.4. The molecule has 1 heterocycles. The highest BCUT2D eigenvalue weighted by Crippen LogP contribution is 2.17. The van der Waals surface area contributed by atoms with Crippen LogP contribution >= 0.6 is 15.9 Å². The number of amides is 1. The maximum atomic E-state index is 11.5. The van der Waals surface area contributed by atoms with Crippen molar-refractivity contribution in [3.63, 3.8) is 0 Å². The highest BCUT2D eigenvalue weighted by molar-refractivity contribution is 9.10. The summed E-state index contributed by atoms with van der Waals surface area (Å²) < 4.78 is 0.989. The van der Waals surface area contributed by atoms with E-state index >= 15 is 0 Å². The Bertz CT molecular complexity index is 552. The lowest BCUT2D eigenvalue weighted by atomic mass is 10.2. The van der Waals surface area contributed by atoms with Gasteiger partial charge < -0.3 is 5.32 Å². The molecule has 0 atom stereocenters. The zero-order chi connectivity index (χ0) is 13.7. The summed E-state index contributed by atoms with van der Waals surface area (Å²) in [6, 6.07) is 7.60. The van der Waals surface area contributed by atoms with Crippen LogP contribution in [0.15, 0.2) is 28.7 Å². The van der Waals surface area contributed by atoms with E-state index in [2.05, 4.69) is 36.7 Å². The molecule has 7 heteroatoms. The Morgan fingerprint density at radius 3 is 2.79 bits per heavy atom. The third kappa shape index (κ3) is 3.85. The van der Waals surface area contributed by atoms with Crippen molar-refractivity contribution in [2.75, 3.05) is 6.54 Å². The van der Waals surface area contributed by atoms with Gasteiger partial charge in [-0.15, -0.1) is 10.2 Å². The second kappa shape index (κ2) is 6.42. The lowest BCUT2D eigenvalue weighted by molar-refractivity contribution is -0.122. The van der Waals surface area contributed by atoms with Gasteiger partial charge in [0.1, 0.15) is 6.54 Å². The molecule has 0 fully saturated rings. The number of rotatable bonds is 5. The highest BCUT2D eigenvalue weighted by atomic mass is 79.9. The van der Waals surface area contributed by atoms with Crippen LogP contribution in [0.2, 0.25) is 0 Å². The summed E-state index contributed by atoms with van der Waals surface area (Å²) in [5.41, 5.74) is 0.864. The lowest BCUT2D eigenvalue weighted by Crippen LogP contribution is -2.29. The summed E-state index contributed by atoms with van der Waals surface area (Å²) in [5.74, 6) is 0.400. The molecule has 0 radical (unpaired) electrons. The van der Waals surface area contributed by atoms with Crippen molar-refractivity contribution in [2.45, 2.75) is 19.9 Å². The summed E-state index contributed by atoms with van der Waals surface area (Å²) in [6.45, 7) is 2.75. The molecule has 6 nitrogen and oxygen atoms in total. The fraction of sp³-hybridized carbons (Fsp3) is 0.333. The van der Waals surface area contributed by atoms with E-state index in [4.69, 9.17) is 0 Å². The van der Waals surface area contributed by atoms with E-state index in [1.165, 1.54) is 4.80 Å². The molecule has 0 aliphatic heterocycles. The Kier molecular flexibility index (Phi) is 4.62. The van der Waals surface area contributed by atoms with Gasteiger partial charge in [0, 0.05) is 16.6 Å². The first-order valence-electron chi connectivity index (χ1n) is 5.99. The van der Waals surface area contributed by atoms with E-state index in [-0.39, 0.29) is 12.5 Å². The summed E-state index contributed by atoms with van der Waals surface area (Å²) in [5, 5.41) is 14.7. The van der Waals surface area contributed by atoms with E-state index in [1.54, 1.807) is 0 Å². The number of hydrogen-bond acceptors (Lipinski definition) is 4. The summed E-state index contributed by atoms with van der Waals surface area (Å²) >= 11 is 3.37. The lowest BCUT2D eigenvalue weighted by Gasteiger charge is -2.01. The average molecular weight is 324 g/mol.